The van der Waals surface area contributed by atoms with Gasteiger partial charge in [-0.05, 0) is 49.6 Å². The molecule has 0 amide bonds. The third-order valence-electron chi connectivity index (χ3n) is 3.65. The lowest BCUT2D eigenvalue weighted by Crippen LogP contribution is -2.22. The number of fused-ring (bicyclic) bond motifs is 1. The Morgan fingerprint density at radius 2 is 2.28 bits per heavy atom. The fourth-order valence-corrected chi connectivity index (χ4v) is 2.63. The highest BCUT2D eigenvalue weighted by molar-refractivity contribution is 5.58. The zero-order valence-corrected chi connectivity index (χ0v) is 11.7. The fourth-order valence-electron chi connectivity index (χ4n) is 2.63. The van der Waals surface area contributed by atoms with Crippen molar-refractivity contribution in [1.82, 2.24) is 5.32 Å². The number of ether oxygens (including phenoxy) is 1. The first-order valence-electron chi connectivity index (χ1n) is 6.88. The molecular weight excluding hydrogens is 224 g/mol. The highest BCUT2D eigenvalue weighted by Gasteiger charge is 2.21. The number of rotatable bonds is 4. The second-order valence-corrected chi connectivity index (χ2v) is 5.00. The summed E-state index contributed by atoms with van der Waals surface area (Å²) in [6.45, 7) is 4.41. The van der Waals surface area contributed by atoms with Crippen LogP contribution in [0, 0.1) is 0 Å². The van der Waals surface area contributed by atoms with Crippen LogP contribution in [-0.2, 0) is 0 Å². The van der Waals surface area contributed by atoms with Gasteiger partial charge in [-0.1, -0.05) is 6.92 Å². The Morgan fingerprint density at radius 3 is 3.00 bits per heavy atom. The quantitative estimate of drug-likeness (QED) is 0.886. The van der Waals surface area contributed by atoms with Gasteiger partial charge in [0.15, 0.2) is 0 Å². The third kappa shape index (κ3) is 2.78. The van der Waals surface area contributed by atoms with E-state index in [0.29, 0.717) is 6.04 Å². The minimum atomic E-state index is 0.458. The van der Waals surface area contributed by atoms with Gasteiger partial charge in [0.1, 0.15) is 5.75 Å². The van der Waals surface area contributed by atoms with E-state index in [-0.39, 0.29) is 0 Å². The Bertz CT molecular complexity index is 392. The largest absolute Gasteiger partial charge is 0.497 e. The van der Waals surface area contributed by atoms with Gasteiger partial charge < -0.3 is 15.0 Å². The Morgan fingerprint density at radius 1 is 1.44 bits per heavy atom. The van der Waals surface area contributed by atoms with E-state index in [0.717, 1.165) is 18.8 Å². The van der Waals surface area contributed by atoms with Crippen LogP contribution in [0.1, 0.15) is 37.8 Å². The van der Waals surface area contributed by atoms with Crippen molar-refractivity contribution in [2.45, 2.75) is 32.2 Å². The number of hydrogen-bond donors (Lipinski definition) is 1. The van der Waals surface area contributed by atoms with Gasteiger partial charge in [0.2, 0.25) is 0 Å². The molecule has 3 nitrogen and oxygen atoms in total. The molecule has 0 saturated heterocycles. The predicted octanol–water partition coefficient (Wildman–Crippen LogP) is 2.97. The molecule has 1 unspecified atom stereocenters. The van der Waals surface area contributed by atoms with E-state index in [1.165, 1.54) is 30.5 Å². The molecule has 1 aliphatic rings. The van der Waals surface area contributed by atoms with Crippen molar-refractivity contribution >= 4 is 5.69 Å². The smallest absolute Gasteiger partial charge is 0.119 e. The van der Waals surface area contributed by atoms with Crippen molar-refractivity contribution in [1.29, 1.82) is 0 Å². The van der Waals surface area contributed by atoms with E-state index >= 15 is 0 Å². The maximum Gasteiger partial charge on any atom is 0.119 e. The Balaban J connectivity index is 2.32. The molecule has 3 heteroatoms. The van der Waals surface area contributed by atoms with Crippen LogP contribution in [0.15, 0.2) is 18.2 Å². The summed E-state index contributed by atoms with van der Waals surface area (Å²) >= 11 is 0. The second-order valence-electron chi connectivity index (χ2n) is 5.00. The zero-order valence-electron chi connectivity index (χ0n) is 11.7. The van der Waals surface area contributed by atoms with Gasteiger partial charge in [-0.25, -0.2) is 0 Å². The van der Waals surface area contributed by atoms with Crippen LogP contribution in [0.5, 0.6) is 5.75 Å². The van der Waals surface area contributed by atoms with Crippen LogP contribution >= 0.6 is 0 Å². The lowest BCUT2D eigenvalue weighted by atomic mass is 10.0. The average Bonchev–Trinajstić information content (AvgIpc) is 2.56. The van der Waals surface area contributed by atoms with Crippen LogP contribution in [0.4, 0.5) is 5.69 Å². The van der Waals surface area contributed by atoms with Crippen molar-refractivity contribution < 1.29 is 4.74 Å². The molecule has 0 spiro atoms. The Kier molecular flexibility index (Phi) is 4.48. The second kappa shape index (κ2) is 6.10. The topological polar surface area (TPSA) is 24.5 Å². The summed E-state index contributed by atoms with van der Waals surface area (Å²) in [5.41, 5.74) is 2.71. The van der Waals surface area contributed by atoms with Gasteiger partial charge in [0, 0.05) is 25.3 Å². The molecule has 1 N–H and O–H groups in total. The Labute approximate surface area is 110 Å². The molecule has 1 atom stereocenters. The maximum absolute atomic E-state index is 5.36. The fraction of sp³-hybridized carbons (Fsp3) is 0.600. The molecule has 1 aliphatic heterocycles. The SMILES string of the molecule is CCCNC1CCCN(C)c2ccc(OC)cc21. The average molecular weight is 248 g/mol. The molecule has 100 valence electrons. The first-order valence-corrected chi connectivity index (χ1v) is 6.88. The first kappa shape index (κ1) is 13.2. The van der Waals surface area contributed by atoms with Crippen LogP contribution in [0.2, 0.25) is 0 Å². The maximum atomic E-state index is 5.36. The van der Waals surface area contributed by atoms with E-state index in [4.69, 9.17) is 4.74 Å². The molecule has 0 bridgehead atoms. The molecule has 1 aromatic carbocycles. The van der Waals surface area contributed by atoms with E-state index in [2.05, 4.69) is 42.4 Å². The molecule has 18 heavy (non-hydrogen) atoms. The van der Waals surface area contributed by atoms with E-state index in [1.54, 1.807) is 7.11 Å². The standard InChI is InChI=1S/C15H24N2O/c1-4-9-16-14-6-5-10-17(2)15-8-7-12(18-3)11-13(14)15/h7-8,11,14,16H,4-6,9-10H2,1-3H3. The molecule has 1 aromatic rings. The lowest BCUT2D eigenvalue weighted by Gasteiger charge is -2.23. The van der Waals surface area contributed by atoms with E-state index in [9.17, 15) is 0 Å². The van der Waals surface area contributed by atoms with Gasteiger partial charge in [-0.3, -0.25) is 0 Å². The number of benzene rings is 1. The van der Waals surface area contributed by atoms with Crippen molar-refractivity contribution in [3.05, 3.63) is 23.8 Å². The van der Waals surface area contributed by atoms with Crippen LogP contribution in [0.25, 0.3) is 0 Å². The molecule has 0 aliphatic carbocycles. The van der Waals surface area contributed by atoms with Crippen LogP contribution < -0.4 is 15.0 Å². The number of methoxy groups -OCH3 is 1. The zero-order chi connectivity index (χ0) is 13.0. The van der Waals surface area contributed by atoms with Crippen LogP contribution in [-0.4, -0.2) is 27.2 Å². The summed E-state index contributed by atoms with van der Waals surface area (Å²) in [5.74, 6) is 0.951. The normalized spacial score (nSPS) is 19.3. The lowest BCUT2D eigenvalue weighted by molar-refractivity contribution is 0.412. The highest BCUT2D eigenvalue weighted by atomic mass is 16.5. The van der Waals surface area contributed by atoms with Crippen LogP contribution in [0.3, 0.4) is 0 Å². The summed E-state index contributed by atoms with van der Waals surface area (Å²) in [6.07, 6.45) is 3.60. The van der Waals surface area contributed by atoms with E-state index in [1.807, 2.05) is 0 Å². The van der Waals surface area contributed by atoms with Gasteiger partial charge in [-0.15, -0.1) is 0 Å². The number of nitrogens with one attached hydrogen (secondary N) is 1. The van der Waals surface area contributed by atoms with Gasteiger partial charge in [-0.2, -0.15) is 0 Å². The first-order chi connectivity index (χ1) is 8.76. The van der Waals surface area contributed by atoms with Crippen molar-refractivity contribution in [3.8, 4) is 5.75 Å². The molecule has 0 saturated carbocycles. The molecule has 0 aromatic heterocycles. The van der Waals surface area contributed by atoms with Gasteiger partial charge in [0.25, 0.3) is 0 Å². The molecular formula is C15H24N2O. The summed E-state index contributed by atoms with van der Waals surface area (Å²) < 4.78 is 5.36. The third-order valence-corrected chi connectivity index (χ3v) is 3.65. The summed E-state index contributed by atoms with van der Waals surface area (Å²) in [6, 6.07) is 6.88. The predicted molar refractivity (Wildman–Crippen MR) is 76.5 cm³/mol. The Hall–Kier alpha value is -1.22. The summed E-state index contributed by atoms with van der Waals surface area (Å²) in [4.78, 5) is 2.35. The van der Waals surface area contributed by atoms with Gasteiger partial charge in [0.05, 0.1) is 7.11 Å². The molecule has 2 rings (SSSR count). The monoisotopic (exact) mass is 248 g/mol. The molecule has 0 fully saturated rings. The minimum absolute atomic E-state index is 0.458. The number of anilines is 1. The molecule has 0 radical (unpaired) electrons. The van der Waals surface area contributed by atoms with Crippen molar-refractivity contribution in [2.75, 3.05) is 32.1 Å². The van der Waals surface area contributed by atoms with Crippen molar-refractivity contribution in [3.63, 3.8) is 0 Å². The summed E-state index contributed by atoms with van der Waals surface area (Å²) in [5, 5.41) is 3.66. The minimum Gasteiger partial charge on any atom is -0.497 e. The number of hydrogen-bond acceptors (Lipinski definition) is 3. The number of nitrogens with zero attached hydrogens (tertiary/aromatic N) is 1. The highest BCUT2D eigenvalue weighted by Crippen LogP contribution is 2.34. The van der Waals surface area contributed by atoms with E-state index < -0.39 is 0 Å². The van der Waals surface area contributed by atoms with Crippen molar-refractivity contribution in [2.24, 2.45) is 0 Å². The molecule has 1 heterocycles. The summed E-state index contributed by atoms with van der Waals surface area (Å²) in [7, 11) is 3.91. The van der Waals surface area contributed by atoms with Gasteiger partial charge >= 0.3 is 0 Å².